The first kappa shape index (κ1) is 18.8. The molecule has 0 spiro atoms. The van der Waals surface area contributed by atoms with E-state index in [0.29, 0.717) is 12.1 Å². The molecule has 0 rings (SSSR count). The predicted molar refractivity (Wildman–Crippen MR) is 81.6 cm³/mol. The van der Waals surface area contributed by atoms with Gasteiger partial charge in [-0.1, -0.05) is 20.8 Å². The quantitative estimate of drug-likeness (QED) is 0.604. The number of aliphatic hydroxyl groups is 1. The van der Waals surface area contributed by atoms with Crippen LogP contribution in [-0.4, -0.2) is 61.0 Å². The van der Waals surface area contributed by atoms with Crippen LogP contribution in [0.15, 0.2) is 0 Å². The molecule has 4 nitrogen and oxygen atoms in total. The van der Waals surface area contributed by atoms with Crippen LogP contribution in [0.5, 0.6) is 0 Å². The maximum absolute atomic E-state index is 9.61. The maximum Gasteiger partial charge on any atom is 0.0611 e. The fourth-order valence-electron chi connectivity index (χ4n) is 2.30. The highest BCUT2D eigenvalue weighted by Gasteiger charge is 2.25. The van der Waals surface area contributed by atoms with Gasteiger partial charge >= 0.3 is 0 Å². The molecule has 19 heavy (non-hydrogen) atoms. The van der Waals surface area contributed by atoms with Crippen molar-refractivity contribution in [1.29, 1.82) is 0 Å². The molecule has 0 aliphatic carbocycles. The Morgan fingerprint density at radius 1 is 1.26 bits per heavy atom. The maximum atomic E-state index is 9.61. The molecule has 0 aromatic heterocycles. The molecule has 0 bridgehead atoms. The minimum Gasteiger partial charge on any atom is -0.394 e. The molecule has 0 aliphatic heterocycles. The van der Waals surface area contributed by atoms with Gasteiger partial charge in [-0.3, -0.25) is 4.90 Å². The molecular weight excluding hydrogens is 240 g/mol. The largest absolute Gasteiger partial charge is 0.394 e. The summed E-state index contributed by atoms with van der Waals surface area (Å²) in [7, 11) is 1.74. The van der Waals surface area contributed by atoms with Crippen molar-refractivity contribution >= 4 is 0 Å². The van der Waals surface area contributed by atoms with E-state index < -0.39 is 0 Å². The third-order valence-corrected chi connectivity index (χ3v) is 3.73. The highest BCUT2D eigenvalue weighted by molar-refractivity contribution is 4.85. The van der Waals surface area contributed by atoms with Gasteiger partial charge in [-0.15, -0.1) is 0 Å². The summed E-state index contributed by atoms with van der Waals surface area (Å²) in [6, 6.07) is 0.935. The monoisotopic (exact) mass is 274 g/mol. The average Bonchev–Trinajstić information content (AvgIpc) is 2.37. The van der Waals surface area contributed by atoms with Crippen molar-refractivity contribution in [2.75, 3.05) is 33.4 Å². The molecule has 0 aromatic rings. The molecular formula is C15H34N2O2. The molecule has 116 valence electrons. The van der Waals surface area contributed by atoms with Crippen LogP contribution in [0.2, 0.25) is 0 Å². The minimum atomic E-state index is -0.201. The Morgan fingerprint density at radius 2 is 1.89 bits per heavy atom. The van der Waals surface area contributed by atoms with Crippen LogP contribution in [0.1, 0.15) is 47.5 Å². The lowest BCUT2D eigenvalue weighted by atomic mass is 9.97. The number of ether oxygens (including phenoxy) is 1. The summed E-state index contributed by atoms with van der Waals surface area (Å²) in [5, 5.41) is 13.1. The summed E-state index contributed by atoms with van der Waals surface area (Å²) in [6.45, 7) is 13.7. The Kier molecular flexibility index (Phi) is 9.62. The van der Waals surface area contributed by atoms with Gasteiger partial charge in [0.05, 0.1) is 13.2 Å². The molecule has 4 heteroatoms. The zero-order valence-electron chi connectivity index (χ0n) is 13.7. The molecule has 0 heterocycles. The van der Waals surface area contributed by atoms with E-state index in [1.54, 1.807) is 7.11 Å². The molecule has 0 radical (unpaired) electrons. The Balaban J connectivity index is 4.40. The molecule has 2 atom stereocenters. The smallest absolute Gasteiger partial charge is 0.0611 e. The third kappa shape index (κ3) is 7.88. The number of nitrogens with one attached hydrogen (secondary N) is 1. The van der Waals surface area contributed by atoms with Gasteiger partial charge < -0.3 is 15.2 Å². The van der Waals surface area contributed by atoms with Gasteiger partial charge in [-0.25, -0.2) is 0 Å². The Bertz CT molecular complexity index is 224. The van der Waals surface area contributed by atoms with Gasteiger partial charge in [0, 0.05) is 37.8 Å². The van der Waals surface area contributed by atoms with Crippen LogP contribution >= 0.6 is 0 Å². The van der Waals surface area contributed by atoms with Crippen molar-refractivity contribution in [1.82, 2.24) is 10.2 Å². The van der Waals surface area contributed by atoms with E-state index in [9.17, 15) is 5.11 Å². The number of hydrogen-bond donors (Lipinski definition) is 2. The second-order valence-electron chi connectivity index (χ2n) is 6.05. The summed E-state index contributed by atoms with van der Waals surface area (Å²) >= 11 is 0. The minimum absolute atomic E-state index is 0.170. The van der Waals surface area contributed by atoms with E-state index in [4.69, 9.17) is 4.74 Å². The first-order valence-corrected chi connectivity index (χ1v) is 7.50. The average molecular weight is 274 g/mol. The van der Waals surface area contributed by atoms with Crippen LogP contribution < -0.4 is 5.32 Å². The molecule has 0 aliphatic rings. The first-order valence-electron chi connectivity index (χ1n) is 7.50. The Hall–Kier alpha value is -0.160. The summed E-state index contributed by atoms with van der Waals surface area (Å²) in [5.41, 5.74) is -0.201. The van der Waals surface area contributed by atoms with Gasteiger partial charge in [0.2, 0.25) is 0 Å². The fraction of sp³-hybridized carbons (Fsp3) is 1.00. The fourth-order valence-corrected chi connectivity index (χ4v) is 2.30. The highest BCUT2D eigenvalue weighted by atomic mass is 16.5. The summed E-state index contributed by atoms with van der Waals surface area (Å²) in [5.74, 6) is 0. The molecule has 2 N–H and O–H groups in total. The van der Waals surface area contributed by atoms with Gasteiger partial charge in [-0.2, -0.15) is 0 Å². The van der Waals surface area contributed by atoms with E-state index >= 15 is 0 Å². The third-order valence-electron chi connectivity index (χ3n) is 3.73. The lowest BCUT2D eigenvalue weighted by Gasteiger charge is -2.35. The van der Waals surface area contributed by atoms with Gasteiger partial charge in [0.25, 0.3) is 0 Å². The second kappa shape index (κ2) is 9.70. The summed E-state index contributed by atoms with van der Waals surface area (Å²) in [6.07, 6.45) is 2.08. The van der Waals surface area contributed by atoms with Crippen molar-refractivity contribution in [3.63, 3.8) is 0 Å². The van der Waals surface area contributed by atoms with Crippen molar-refractivity contribution in [2.45, 2.75) is 65.1 Å². The second-order valence-corrected chi connectivity index (χ2v) is 6.05. The van der Waals surface area contributed by atoms with Crippen LogP contribution in [0.25, 0.3) is 0 Å². The predicted octanol–water partition coefficient (Wildman–Crippen LogP) is 1.87. The van der Waals surface area contributed by atoms with E-state index in [1.807, 2.05) is 0 Å². The zero-order chi connectivity index (χ0) is 14.9. The zero-order valence-corrected chi connectivity index (χ0v) is 13.7. The Morgan fingerprint density at radius 3 is 2.32 bits per heavy atom. The van der Waals surface area contributed by atoms with Crippen molar-refractivity contribution < 1.29 is 9.84 Å². The Labute approximate surface area is 119 Å². The van der Waals surface area contributed by atoms with E-state index in [-0.39, 0.29) is 12.1 Å². The summed E-state index contributed by atoms with van der Waals surface area (Å²) < 4.78 is 5.18. The molecule has 0 saturated carbocycles. The van der Waals surface area contributed by atoms with E-state index in [2.05, 4.69) is 44.8 Å². The standard InChI is InChI=1S/C15H34N2O2/c1-7-14(4)17(10-11-19-6)9-8-15(5,12-18)16-13(2)3/h13-14,16,18H,7-12H2,1-6H3. The topological polar surface area (TPSA) is 44.7 Å². The van der Waals surface area contributed by atoms with Crippen LogP contribution in [0.3, 0.4) is 0 Å². The van der Waals surface area contributed by atoms with Crippen molar-refractivity contribution in [3.05, 3.63) is 0 Å². The van der Waals surface area contributed by atoms with Gasteiger partial charge in [0.15, 0.2) is 0 Å². The number of methoxy groups -OCH3 is 1. The SMILES string of the molecule is CCC(C)N(CCOC)CCC(C)(CO)NC(C)C. The van der Waals surface area contributed by atoms with Crippen molar-refractivity contribution in [2.24, 2.45) is 0 Å². The van der Waals surface area contributed by atoms with Gasteiger partial charge in [-0.05, 0) is 26.7 Å². The first-order chi connectivity index (χ1) is 8.88. The number of nitrogens with zero attached hydrogens (tertiary/aromatic N) is 1. The summed E-state index contributed by atoms with van der Waals surface area (Å²) in [4.78, 5) is 2.44. The lowest BCUT2D eigenvalue weighted by molar-refractivity contribution is 0.0973. The normalized spacial score (nSPS) is 16.9. The molecule has 0 amide bonds. The molecule has 2 unspecified atom stereocenters. The lowest BCUT2D eigenvalue weighted by Crippen LogP contribution is -2.51. The number of hydrogen-bond acceptors (Lipinski definition) is 4. The van der Waals surface area contributed by atoms with E-state index in [0.717, 1.165) is 32.5 Å². The van der Waals surface area contributed by atoms with Crippen molar-refractivity contribution in [3.8, 4) is 0 Å². The van der Waals surface area contributed by atoms with E-state index in [1.165, 1.54) is 0 Å². The highest BCUT2D eigenvalue weighted by Crippen LogP contribution is 2.13. The number of aliphatic hydroxyl groups excluding tert-OH is 1. The van der Waals surface area contributed by atoms with Crippen LogP contribution in [0, 0.1) is 0 Å². The molecule has 0 fully saturated rings. The molecule has 0 aromatic carbocycles. The van der Waals surface area contributed by atoms with Crippen LogP contribution in [0.4, 0.5) is 0 Å². The van der Waals surface area contributed by atoms with Gasteiger partial charge in [0.1, 0.15) is 0 Å². The van der Waals surface area contributed by atoms with Crippen LogP contribution in [-0.2, 0) is 4.74 Å². The number of rotatable bonds is 11. The molecule has 0 saturated heterocycles.